The lowest BCUT2D eigenvalue weighted by Gasteiger charge is -2.25. The molecule has 1 unspecified atom stereocenters. The Kier molecular flexibility index (Phi) is 3.88. The fourth-order valence-electron chi connectivity index (χ4n) is 1.30. The summed E-state index contributed by atoms with van der Waals surface area (Å²) in [6.45, 7) is 2.66. The predicted octanol–water partition coefficient (Wildman–Crippen LogP) is 2.07. The van der Waals surface area contributed by atoms with Gasteiger partial charge in [-0.15, -0.1) is 0 Å². The van der Waals surface area contributed by atoms with Crippen LogP contribution in [0.5, 0.6) is 0 Å². The van der Waals surface area contributed by atoms with Crippen molar-refractivity contribution in [3.8, 4) is 0 Å². The smallest absolute Gasteiger partial charge is 0.375 e. The Bertz CT molecular complexity index is 469. The highest BCUT2D eigenvalue weighted by Gasteiger charge is 2.53. The lowest BCUT2D eigenvalue weighted by atomic mass is 10.1. The van der Waals surface area contributed by atoms with Crippen molar-refractivity contribution >= 4 is 9.84 Å². The summed E-state index contributed by atoms with van der Waals surface area (Å²) in [7, 11) is -4.87. The number of alkyl halides is 2. The zero-order valence-corrected chi connectivity index (χ0v) is 10.3. The molecule has 0 spiro atoms. The second-order valence-corrected chi connectivity index (χ2v) is 6.09. The zero-order valence-electron chi connectivity index (χ0n) is 9.47. The van der Waals surface area contributed by atoms with E-state index in [1.54, 1.807) is 0 Å². The summed E-state index contributed by atoms with van der Waals surface area (Å²) >= 11 is 0. The summed E-state index contributed by atoms with van der Waals surface area (Å²) in [6.07, 6.45) is -2.23. The van der Waals surface area contributed by atoms with Gasteiger partial charge in [0.1, 0.15) is 6.10 Å². The molecule has 6 heteroatoms. The van der Waals surface area contributed by atoms with Crippen molar-refractivity contribution in [2.75, 3.05) is 0 Å². The number of hydrogen-bond acceptors (Lipinski definition) is 3. The Hall–Kier alpha value is -1.01. The fraction of sp³-hybridized carbons (Fsp3) is 0.455. The molecular formula is C11H14F2O3S. The number of hydrogen-bond donors (Lipinski definition) is 1. The van der Waals surface area contributed by atoms with Crippen LogP contribution in [0.2, 0.25) is 0 Å². The molecule has 1 rings (SSSR count). The van der Waals surface area contributed by atoms with E-state index in [2.05, 4.69) is 0 Å². The topological polar surface area (TPSA) is 54.4 Å². The van der Waals surface area contributed by atoms with Crippen molar-refractivity contribution in [2.45, 2.75) is 30.1 Å². The predicted molar refractivity (Wildman–Crippen MR) is 59.4 cm³/mol. The van der Waals surface area contributed by atoms with Gasteiger partial charge in [-0.1, -0.05) is 32.0 Å². The number of rotatable bonds is 4. The number of benzene rings is 1. The largest absolute Gasteiger partial charge is 0.385 e. The summed E-state index contributed by atoms with van der Waals surface area (Å²) in [5, 5.41) is 5.13. The lowest BCUT2D eigenvalue weighted by molar-refractivity contribution is -0.0639. The maximum atomic E-state index is 13.7. The first-order valence-corrected chi connectivity index (χ1v) is 6.55. The highest BCUT2D eigenvalue weighted by Crippen LogP contribution is 2.34. The first-order chi connectivity index (χ1) is 7.71. The van der Waals surface area contributed by atoms with E-state index < -0.39 is 32.0 Å². The third-order valence-corrected chi connectivity index (χ3v) is 4.24. The van der Waals surface area contributed by atoms with Gasteiger partial charge >= 0.3 is 5.25 Å². The molecule has 0 radical (unpaired) electrons. The third-order valence-electron chi connectivity index (χ3n) is 2.39. The highest BCUT2D eigenvalue weighted by atomic mass is 32.2. The molecule has 0 saturated heterocycles. The van der Waals surface area contributed by atoms with E-state index in [9.17, 15) is 22.3 Å². The minimum Gasteiger partial charge on any atom is -0.385 e. The van der Waals surface area contributed by atoms with Crippen LogP contribution < -0.4 is 0 Å². The van der Waals surface area contributed by atoms with Crippen molar-refractivity contribution < 1.29 is 22.3 Å². The maximum Gasteiger partial charge on any atom is 0.375 e. The maximum absolute atomic E-state index is 13.7. The monoisotopic (exact) mass is 264 g/mol. The minimum absolute atomic E-state index is 0.496. The molecule has 1 atom stereocenters. The molecule has 96 valence electrons. The quantitative estimate of drug-likeness (QED) is 0.905. The van der Waals surface area contributed by atoms with Gasteiger partial charge in [-0.3, -0.25) is 0 Å². The van der Waals surface area contributed by atoms with Gasteiger partial charge in [0, 0.05) is 0 Å². The van der Waals surface area contributed by atoms with Crippen LogP contribution in [0.15, 0.2) is 35.2 Å². The average molecular weight is 264 g/mol. The van der Waals surface area contributed by atoms with Gasteiger partial charge in [-0.05, 0) is 18.1 Å². The van der Waals surface area contributed by atoms with E-state index in [1.807, 2.05) is 0 Å². The number of sulfone groups is 1. The van der Waals surface area contributed by atoms with E-state index in [4.69, 9.17) is 0 Å². The molecule has 0 saturated carbocycles. The zero-order chi connectivity index (χ0) is 13.3. The van der Waals surface area contributed by atoms with E-state index in [1.165, 1.54) is 32.0 Å². The average Bonchev–Trinajstić information content (AvgIpc) is 2.28. The van der Waals surface area contributed by atoms with Crippen LogP contribution >= 0.6 is 0 Å². The molecule has 0 aliphatic carbocycles. The molecule has 1 N–H and O–H groups in total. The summed E-state index contributed by atoms with van der Waals surface area (Å²) in [5.74, 6) is -0.858. The SMILES string of the molecule is CC(C)C(O)C(F)(F)S(=O)(=O)c1ccccc1. The summed E-state index contributed by atoms with van der Waals surface area (Å²) in [5.41, 5.74) is 0. The van der Waals surface area contributed by atoms with Crippen molar-refractivity contribution in [3.05, 3.63) is 30.3 Å². The Labute approximate surface area is 99.0 Å². The van der Waals surface area contributed by atoms with Crippen LogP contribution in [0.4, 0.5) is 8.78 Å². The van der Waals surface area contributed by atoms with Gasteiger partial charge in [-0.2, -0.15) is 8.78 Å². The van der Waals surface area contributed by atoms with Gasteiger partial charge in [0.2, 0.25) is 9.84 Å². The molecule has 17 heavy (non-hydrogen) atoms. The Morgan fingerprint density at radius 3 is 2.06 bits per heavy atom. The van der Waals surface area contributed by atoms with Crippen LogP contribution in [0.1, 0.15) is 13.8 Å². The summed E-state index contributed by atoms with van der Waals surface area (Å²) in [6, 6.07) is 6.39. The van der Waals surface area contributed by atoms with Crippen LogP contribution in [-0.4, -0.2) is 24.9 Å². The van der Waals surface area contributed by atoms with Crippen LogP contribution in [0.25, 0.3) is 0 Å². The minimum atomic E-state index is -4.87. The normalized spacial score (nSPS) is 14.9. The van der Waals surface area contributed by atoms with E-state index >= 15 is 0 Å². The molecule has 1 aromatic carbocycles. The number of aliphatic hydroxyl groups excluding tert-OH is 1. The summed E-state index contributed by atoms with van der Waals surface area (Å²) in [4.78, 5) is -0.496. The van der Waals surface area contributed by atoms with Crippen LogP contribution in [0, 0.1) is 5.92 Å². The number of aliphatic hydroxyl groups is 1. The molecule has 1 aromatic rings. The Morgan fingerprint density at radius 1 is 1.18 bits per heavy atom. The number of halogens is 2. The molecule has 0 amide bonds. The fourth-order valence-corrected chi connectivity index (χ4v) is 2.72. The van der Waals surface area contributed by atoms with Crippen molar-refractivity contribution in [3.63, 3.8) is 0 Å². The molecule has 3 nitrogen and oxygen atoms in total. The van der Waals surface area contributed by atoms with Crippen molar-refractivity contribution in [1.29, 1.82) is 0 Å². The molecule has 0 aliphatic heterocycles. The molecule has 0 fully saturated rings. The van der Waals surface area contributed by atoms with E-state index in [-0.39, 0.29) is 0 Å². The van der Waals surface area contributed by atoms with Crippen LogP contribution in [0.3, 0.4) is 0 Å². The van der Waals surface area contributed by atoms with Crippen LogP contribution in [-0.2, 0) is 9.84 Å². The van der Waals surface area contributed by atoms with Crippen molar-refractivity contribution in [1.82, 2.24) is 0 Å². The molecule has 0 heterocycles. The van der Waals surface area contributed by atoms with Gasteiger partial charge in [0.15, 0.2) is 0 Å². The molecular weight excluding hydrogens is 250 g/mol. The standard InChI is InChI=1S/C11H14F2O3S/c1-8(2)10(14)11(12,13)17(15,16)9-6-4-3-5-7-9/h3-8,10,14H,1-2H3. The van der Waals surface area contributed by atoms with E-state index in [0.717, 1.165) is 12.1 Å². The highest BCUT2D eigenvalue weighted by molar-refractivity contribution is 7.92. The molecule has 0 aromatic heterocycles. The lowest BCUT2D eigenvalue weighted by Crippen LogP contribution is -2.44. The Morgan fingerprint density at radius 2 is 1.65 bits per heavy atom. The van der Waals surface area contributed by atoms with Gasteiger partial charge in [-0.25, -0.2) is 8.42 Å². The molecule has 0 aliphatic rings. The summed E-state index contributed by atoms with van der Waals surface area (Å²) < 4.78 is 50.8. The van der Waals surface area contributed by atoms with Crippen molar-refractivity contribution in [2.24, 2.45) is 5.92 Å². The third kappa shape index (κ3) is 2.47. The second kappa shape index (κ2) is 4.70. The Balaban J connectivity index is 3.24. The second-order valence-electron chi connectivity index (χ2n) is 4.07. The first kappa shape index (κ1) is 14.1. The first-order valence-electron chi connectivity index (χ1n) is 5.07. The van der Waals surface area contributed by atoms with Gasteiger partial charge in [0.25, 0.3) is 0 Å². The van der Waals surface area contributed by atoms with Gasteiger partial charge in [0.05, 0.1) is 4.90 Å². The molecule has 0 bridgehead atoms. The van der Waals surface area contributed by atoms with E-state index in [0.29, 0.717) is 0 Å². The van der Waals surface area contributed by atoms with Gasteiger partial charge < -0.3 is 5.11 Å².